The Balaban J connectivity index is 2.14. The van der Waals surface area contributed by atoms with E-state index >= 15 is 0 Å². The molecule has 0 aliphatic heterocycles. The average Bonchev–Trinajstić information content (AvgIpc) is 2.80. The van der Waals surface area contributed by atoms with Gasteiger partial charge in [-0.15, -0.1) is 11.3 Å². The van der Waals surface area contributed by atoms with Gasteiger partial charge in [0.2, 0.25) is 0 Å². The minimum Gasteiger partial charge on any atom is -0.379 e. The monoisotopic (exact) mass is 249 g/mol. The van der Waals surface area contributed by atoms with Gasteiger partial charge in [0.15, 0.2) is 0 Å². The first-order valence-electron chi connectivity index (χ1n) is 5.03. The van der Waals surface area contributed by atoms with Crippen LogP contribution in [-0.2, 0) is 6.54 Å². The van der Waals surface area contributed by atoms with Crippen LogP contribution in [0.25, 0.3) is 0 Å². The van der Waals surface area contributed by atoms with Gasteiger partial charge in [-0.2, -0.15) is 0 Å². The van der Waals surface area contributed by atoms with E-state index in [-0.39, 0.29) is 5.69 Å². The van der Waals surface area contributed by atoms with Crippen LogP contribution in [0.4, 0.5) is 11.4 Å². The molecular formula is C11H11N3O2S. The first kappa shape index (κ1) is 11.5. The summed E-state index contributed by atoms with van der Waals surface area (Å²) in [6.45, 7) is 2.48. The normalized spacial score (nSPS) is 10.2. The maximum atomic E-state index is 10.7. The van der Waals surface area contributed by atoms with Crippen LogP contribution >= 0.6 is 11.3 Å². The van der Waals surface area contributed by atoms with Gasteiger partial charge in [0.1, 0.15) is 0 Å². The number of benzene rings is 1. The zero-order valence-corrected chi connectivity index (χ0v) is 10.0. The highest BCUT2D eigenvalue weighted by molar-refractivity contribution is 7.07. The van der Waals surface area contributed by atoms with Crippen molar-refractivity contribution in [3.63, 3.8) is 0 Å². The molecule has 0 spiro atoms. The van der Waals surface area contributed by atoms with E-state index in [9.17, 15) is 10.1 Å². The van der Waals surface area contributed by atoms with Crippen LogP contribution in [0.15, 0.2) is 29.1 Å². The van der Waals surface area contributed by atoms with E-state index in [2.05, 4.69) is 10.3 Å². The van der Waals surface area contributed by atoms with E-state index in [1.807, 2.05) is 12.3 Å². The molecule has 6 heteroatoms. The van der Waals surface area contributed by atoms with Gasteiger partial charge < -0.3 is 5.32 Å². The standard InChI is InChI=1S/C11H11N3O2S/c1-8-2-3-10(14(15)16)4-11(8)12-5-9-6-17-7-13-9/h2-4,6-7,12H,5H2,1H3. The molecule has 2 aromatic rings. The van der Waals surface area contributed by atoms with E-state index in [0.29, 0.717) is 6.54 Å². The van der Waals surface area contributed by atoms with Crippen LogP contribution in [0.1, 0.15) is 11.3 Å². The van der Waals surface area contributed by atoms with Crippen molar-refractivity contribution in [2.24, 2.45) is 0 Å². The Morgan fingerprint density at radius 1 is 1.53 bits per heavy atom. The molecule has 1 N–H and O–H groups in total. The Morgan fingerprint density at radius 2 is 2.35 bits per heavy atom. The highest BCUT2D eigenvalue weighted by Gasteiger charge is 2.08. The lowest BCUT2D eigenvalue weighted by Gasteiger charge is -2.07. The molecule has 1 aromatic carbocycles. The zero-order chi connectivity index (χ0) is 12.3. The molecule has 0 saturated heterocycles. The number of aromatic nitrogens is 1. The summed E-state index contributed by atoms with van der Waals surface area (Å²) in [6, 6.07) is 4.78. The molecule has 0 atom stereocenters. The number of hydrogen-bond donors (Lipinski definition) is 1. The fourth-order valence-electron chi connectivity index (χ4n) is 1.42. The van der Waals surface area contributed by atoms with Crippen molar-refractivity contribution in [1.82, 2.24) is 4.98 Å². The van der Waals surface area contributed by atoms with Crippen molar-refractivity contribution in [1.29, 1.82) is 0 Å². The molecule has 5 nitrogen and oxygen atoms in total. The second-order valence-electron chi connectivity index (χ2n) is 3.59. The number of nitrogens with one attached hydrogen (secondary N) is 1. The van der Waals surface area contributed by atoms with Crippen LogP contribution in [0.3, 0.4) is 0 Å². The molecule has 0 aliphatic carbocycles. The van der Waals surface area contributed by atoms with E-state index in [0.717, 1.165) is 16.9 Å². The Bertz CT molecular complexity index is 526. The number of non-ortho nitro benzene ring substituents is 1. The number of nitrogens with zero attached hydrogens (tertiary/aromatic N) is 2. The fourth-order valence-corrected chi connectivity index (χ4v) is 1.98. The third-order valence-corrected chi connectivity index (χ3v) is 3.01. The van der Waals surface area contributed by atoms with Gasteiger partial charge in [-0.05, 0) is 12.5 Å². The number of nitro benzene ring substituents is 1. The minimum atomic E-state index is -0.395. The molecule has 2 rings (SSSR count). The lowest BCUT2D eigenvalue weighted by molar-refractivity contribution is -0.384. The molecule has 0 radical (unpaired) electrons. The maximum absolute atomic E-state index is 10.7. The molecule has 0 aliphatic rings. The molecule has 0 bridgehead atoms. The Hall–Kier alpha value is -1.95. The Morgan fingerprint density at radius 3 is 3.00 bits per heavy atom. The van der Waals surface area contributed by atoms with Gasteiger partial charge in [0, 0.05) is 23.2 Å². The summed E-state index contributed by atoms with van der Waals surface area (Å²) in [7, 11) is 0. The van der Waals surface area contributed by atoms with E-state index in [4.69, 9.17) is 0 Å². The highest BCUT2D eigenvalue weighted by atomic mass is 32.1. The largest absolute Gasteiger partial charge is 0.379 e. The first-order valence-corrected chi connectivity index (χ1v) is 5.97. The maximum Gasteiger partial charge on any atom is 0.271 e. The number of hydrogen-bond acceptors (Lipinski definition) is 5. The van der Waals surface area contributed by atoms with Crippen LogP contribution in [0.2, 0.25) is 0 Å². The second kappa shape index (κ2) is 4.92. The molecule has 0 amide bonds. The van der Waals surface area contributed by atoms with Gasteiger partial charge >= 0.3 is 0 Å². The second-order valence-corrected chi connectivity index (χ2v) is 4.31. The average molecular weight is 249 g/mol. The van der Waals surface area contributed by atoms with Crippen LogP contribution in [-0.4, -0.2) is 9.91 Å². The van der Waals surface area contributed by atoms with Gasteiger partial charge in [-0.25, -0.2) is 4.98 Å². The topological polar surface area (TPSA) is 68.1 Å². The van der Waals surface area contributed by atoms with E-state index in [1.54, 1.807) is 17.6 Å². The number of nitro groups is 1. The summed E-state index contributed by atoms with van der Waals surface area (Å²) >= 11 is 1.53. The number of thiazole rings is 1. The van der Waals surface area contributed by atoms with E-state index < -0.39 is 4.92 Å². The van der Waals surface area contributed by atoms with Crippen molar-refractivity contribution in [2.75, 3.05) is 5.32 Å². The predicted octanol–water partition coefficient (Wildman–Crippen LogP) is 2.97. The molecule has 1 heterocycles. The predicted molar refractivity (Wildman–Crippen MR) is 67.3 cm³/mol. The third-order valence-electron chi connectivity index (χ3n) is 2.38. The zero-order valence-electron chi connectivity index (χ0n) is 9.21. The highest BCUT2D eigenvalue weighted by Crippen LogP contribution is 2.22. The van der Waals surface area contributed by atoms with Crippen molar-refractivity contribution >= 4 is 22.7 Å². The van der Waals surface area contributed by atoms with E-state index in [1.165, 1.54) is 17.4 Å². The third kappa shape index (κ3) is 2.79. The summed E-state index contributed by atoms with van der Waals surface area (Å²) in [5.41, 5.74) is 4.53. The van der Waals surface area contributed by atoms with Gasteiger partial charge in [-0.1, -0.05) is 6.07 Å². The summed E-state index contributed by atoms with van der Waals surface area (Å²) in [5.74, 6) is 0. The molecule has 17 heavy (non-hydrogen) atoms. The van der Waals surface area contributed by atoms with Gasteiger partial charge in [-0.3, -0.25) is 10.1 Å². The molecule has 0 unspecified atom stereocenters. The number of rotatable bonds is 4. The van der Waals surface area contributed by atoms with Crippen LogP contribution in [0.5, 0.6) is 0 Å². The number of aryl methyl sites for hydroxylation is 1. The quantitative estimate of drug-likeness (QED) is 0.668. The summed E-state index contributed by atoms with van der Waals surface area (Å²) in [6.07, 6.45) is 0. The SMILES string of the molecule is Cc1ccc([N+](=O)[O-])cc1NCc1cscn1. The smallest absolute Gasteiger partial charge is 0.271 e. The van der Waals surface area contributed by atoms with Crippen LogP contribution in [0, 0.1) is 17.0 Å². The van der Waals surface area contributed by atoms with Gasteiger partial charge in [0.25, 0.3) is 5.69 Å². The molecule has 1 aromatic heterocycles. The summed E-state index contributed by atoms with van der Waals surface area (Å²) in [5, 5.41) is 15.8. The van der Waals surface area contributed by atoms with Crippen LogP contribution < -0.4 is 5.32 Å². The fraction of sp³-hybridized carbons (Fsp3) is 0.182. The van der Waals surface area contributed by atoms with Crippen molar-refractivity contribution in [3.05, 3.63) is 50.5 Å². The van der Waals surface area contributed by atoms with Gasteiger partial charge in [0.05, 0.1) is 22.7 Å². The van der Waals surface area contributed by atoms with Crippen molar-refractivity contribution in [2.45, 2.75) is 13.5 Å². The summed E-state index contributed by atoms with van der Waals surface area (Å²) in [4.78, 5) is 14.4. The van der Waals surface area contributed by atoms with Crippen molar-refractivity contribution in [3.8, 4) is 0 Å². The molecule has 0 saturated carbocycles. The molecular weight excluding hydrogens is 238 g/mol. The Kier molecular flexibility index (Phi) is 3.34. The van der Waals surface area contributed by atoms with Crippen molar-refractivity contribution < 1.29 is 4.92 Å². The molecule has 88 valence electrons. The summed E-state index contributed by atoms with van der Waals surface area (Å²) < 4.78 is 0. The molecule has 0 fully saturated rings. The number of anilines is 1. The lowest BCUT2D eigenvalue weighted by Crippen LogP contribution is -2.02. The lowest BCUT2D eigenvalue weighted by atomic mass is 10.2. The Labute approximate surface area is 102 Å². The first-order chi connectivity index (χ1) is 8.16. The minimum absolute atomic E-state index is 0.0939.